The van der Waals surface area contributed by atoms with Crippen molar-refractivity contribution in [2.75, 3.05) is 5.32 Å². The molecule has 7 nitrogen and oxygen atoms in total. The van der Waals surface area contributed by atoms with Gasteiger partial charge in [-0.25, -0.2) is 10.2 Å². The highest BCUT2D eigenvalue weighted by Gasteiger charge is 2.14. The first-order valence-electron chi connectivity index (χ1n) is 9.30. The fourth-order valence-electron chi connectivity index (χ4n) is 2.52. The first kappa shape index (κ1) is 23.0. The Balaban J connectivity index is 1.57. The van der Waals surface area contributed by atoms with Crippen molar-refractivity contribution in [1.29, 1.82) is 0 Å². The average Bonchev–Trinajstić information content (AvgIpc) is 2.75. The number of nitrogens with zero attached hydrogens (tertiary/aromatic N) is 1. The number of carbonyl (C=O) groups excluding carboxylic acids is 3. The van der Waals surface area contributed by atoms with E-state index in [0.29, 0.717) is 16.3 Å². The summed E-state index contributed by atoms with van der Waals surface area (Å²) in [6.07, 6.45) is 1.31. The fraction of sp³-hybridized carbons (Fsp3) is 0.0435. The highest BCUT2D eigenvalue weighted by Crippen LogP contribution is 2.23. The third-order valence-corrected chi connectivity index (χ3v) is 4.66. The highest BCUT2D eigenvalue weighted by molar-refractivity contribution is 6.39. The number of carbonyl (C=O) groups is 3. The van der Waals surface area contributed by atoms with E-state index < -0.39 is 17.8 Å². The molecule has 0 unspecified atom stereocenters. The molecule has 0 saturated carbocycles. The summed E-state index contributed by atoms with van der Waals surface area (Å²) >= 11 is 11.9. The van der Waals surface area contributed by atoms with E-state index in [9.17, 15) is 14.4 Å². The third kappa shape index (κ3) is 6.41. The molecule has 9 heteroatoms. The lowest BCUT2D eigenvalue weighted by Crippen LogP contribution is -2.32. The number of nitrogens with one attached hydrogen (secondary N) is 2. The van der Waals surface area contributed by atoms with E-state index >= 15 is 0 Å². The molecule has 2 amide bonds. The minimum absolute atomic E-state index is 0.169. The molecule has 0 fully saturated rings. The van der Waals surface area contributed by atoms with E-state index in [1.165, 1.54) is 30.5 Å². The second-order valence-electron chi connectivity index (χ2n) is 6.61. The minimum atomic E-state index is -0.929. The van der Waals surface area contributed by atoms with Gasteiger partial charge in [0.15, 0.2) is 0 Å². The Labute approximate surface area is 194 Å². The van der Waals surface area contributed by atoms with Gasteiger partial charge >= 0.3 is 17.8 Å². The standard InChI is InChI=1S/C23H17Cl2N3O4/c1-14-5-8-17(9-6-14)27-21(29)22(30)28-26-13-15-3-2-4-18(11-15)32-23(31)19-10-7-16(24)12-20(19)25/h2-13H,1H3,(H,27,29)(H,28,30). The predicted molar refractivity (Wildman–Crippen MR) is 123 cm³/mol. The first-order valence-corrected chi connectivity index (χ1v) is 10.1. The lowest BCUT2D eigenvalue weighted by atomic mass is 10.2. The van der Waals surface area contributed by atoms with Crippen LogP contribution in [0.5, 0.6) is 5.75 Å². The molecular formula is C23H17Cl2N3O4. The van der Waals surface area contributed by atoms with Gasteiger partial charge in [0.2, 0.25) is 0 Å². The topological polar surface area (TPSA) is 96.9 Å². The van der Waals surface area contributed by atoms with Crippen molar-refractivity contribution >= 4 is 52.9 Å². The SMILES string of the molecule is Cc1ccc(NC(=O)C(=O)NN=Cc2cccc(OC(=O)c3ccc(Cl)cc3Cl)c2)cc1. The molecule has 2 N–H and O–H groups in total. The maximum Gasteiger partial charge on any atom is 0.345 e. The van der Waals surface area contributed by atoms with Crippen LogP contribution in [0.1, 0.15) is 21.5 Å². The fourth-order valence-corrected chi connectivity index (χ4v) is 3.00. The number of hydrazone groups is 1. The van der Waals surface area contributed by atoms with Crippen molar-refractivity contribution in [3.63, 3.8) is 0 Å². The van der Waals surface area contributed by atoms with Gasteiger partial charge in [0, 0.05) is 10.7 Å². The van der Waals surface area contributed by atoms with E-state index in [4.69, 9.17) is 27.9 Å². The van der Waals surface area contributed by atoms with Crippen LogP contribution in [0.25, 0.3) is 0 Å². The normalized spacial score (nSPS) is 10.6. The van der Waals surface area contributed by atoms with Crippen LogP contribution >= 0.6 is 23.2 Å². The average molecular weight is 470 g/mol. The second-order valence-corrected chi connectivity index (χ2v) is 7.45. The molecule has 3 aromatic carbocycles. The van der Waals surface area contributed by atoms with Gasteiger partial charge in [0.1, 0.15) is 5.75 Å². The minimum Gasteiger partial charge on any atom is -0.423 e. The Morgan fingerprint density at radius 2 is 1.69 bits per heavy atom. The van der Waals surface area contributed by atoms with Crippen molar-refractivity contribution < 1.29 is 19.1 Å². The zero-order chi connectivity index (χ0) is 23.1. The second kappa shape index (κ2) is 10.6. The number of hydrogen-bond acceptors (Lipinski definition) is 5. The van der Waals surface area contributed by atoms with Gasteiger partial charge in [-0.1, -0.05) is 53.0 Å². The van der Waals surface area contributed by atoms with Crippen LogP contribution < -0.4 is 15.5 Å². The van der Waals surface area contributed by atoms with Crippen LogP contribution in [0.3, 0.4) is 0 Å². The van der Waals surface area contributed by atoms with Crippen molar-refractivity contribution in [1.82, 2.24) is 5.43 Å². The molecule has 0 bridgehead atoms. The van der Waals surface area contributed by atoms with Crippen LogP contribution in [0, 0.1) is 6.92 Å². The number of hydrogen-bond donors (Lipinski definition) is 2. The van der Waals surface area contributed by atoms with Crippen LogP contribution in [0.2, 0.25) is 10.0 Å². The molecule has 0 radical (unpaired) electrons. The third-order valence-electron chi connectivity index (χ3n) is 4.12. The lowest BCUT2D eigenvalue weighted by Gasteiger charge is -2.07. The monoisotopic (exact) mass is 469 g/mol. The van der Waals surface area contributed by atoms with Crippen LogP contribution in [-0.4, -0.2) is 24.0 Å². The summed E-state index contributed by atoms with van der Waals surface area (Å²) in [5.41, 5.74) is 4.36. The molecule has 0 aliphatic carbocycles. The molecule has 3 rings (SSSR count). The molecule has 0 atom stereocenters. The van der Waals surface area contributed by atoms with Crippen molar-refractivity contribution in [2.24, 2.45) is 5.10 Å². The van der Waals surface area contributed by atoms with E-state index in [-0.39, 0.29) is 16.3 Å². The number of esters is 1. The van der Waals surface area contributed by atoms with Crippen molar-refractivity contribution in [3.05, 3.63) is 93.5 Å². The molecule has 0 spiro atoms. The largest absolute Gasteiger partial charge is 0.423 e. The summed E-state index contributed by atoms with van der Waals surface area (Å²) < 4.78 is 5.32. The van der Waals surface area contributed by atoms with E-state index in [1.807, 2.05) is 19.1 Å². The molecule has 0 aromatic heterocycles. The van der Waals surface area contributed by atoms with Crippen LogP contribution in [0.15, 0.2) is 71.8 Å². The Hall–Kier alpha value is -3.68. The zero-order valence-corrected chi connectivity index (χ0v) is 18.3. The predicted octanol–water partition coefficient (Wildman–Crippen LogP) is 4.61. The molecular weight excluding hydrogens is 453 g/mol. The van der Waals surface area contributed by atoms with E-state index in [2.05, 4.69) is 15.8 Å². The van der Waals surface area contributed by atoms with Crippen molar-refractivity contribution in [3.8, 4) is 5.75 Å². The molecule has 3 aromatic rings. The van der Waals surface area contributed by atoms with Gasteiger partial charge in [-0.3, -0.25) is 9.59 Å². The highest BCUT2D eigenvalue weighted by atomic mass is 35.5. The van der Waals surface area contributed by atoms with Crippen LogP contribution in [-0.2, 0) is 9.59 Å². The number of anilines is 1. The van der Waals surface area contributed by atoms with Gasteiger partial charge in [-0.2, -0.15) is 5.10 Å². The first-order chi connectivity index (χ1) is 15.3. The smallest absolute Gasteiger partial charge is 0.345 e. The Morgan fingerprint density at radius 1 is 0.938 bits per heavy atom. The van der Waals surface area contributed by atoms with Crippen LogP contribution in [0.4, 0.5) is 5.69 Å². The summed E-state index contributed by atoms with van der Waals surface area (Å²) in [7, 11) is 0. The molecule has 0 heterocycles. The molecule has 0 aliphatic rings. The Morgan fingerprint density at radius 3 is 2.41 bits per heavy atom. The van der Waals surface area contributed by atoms with Gasteiger partial charge in [0.25, 0.3) is 0 Å². The number of rotatable bonds is 5. The van der Waals surface area contributed by atoms with Gasteiger partial charge in [-0.15, -0.1) is 0 Å². The van der Waals surface area contributed by atoms with E-state index in [0.717, 1.165) is 5.56 Å². The number of aryl methyl sites for hydroxylation is 1. The molecule has 32 heavy (non-hydrogen) atoms. The molecule has 0 saturated heterocycles. The number of ether oxygens (including phenoxy) is 1. The van der Waals surface area contributed by atoms with Crippen molar-refractivity contribution in [2.45, 2.75) is 6.92 Å². The zero-order valence-electron chi connectivity index (χ0n) is 16.8. The number of benzene rings is 3. The molecule has 0 aliphatic heterocycles. The summed E-state index contributed by atoms with van der Waals surface area (Å²) in [6, 6.07) is 17.9. The Kier molecular flexibility index (Phi) is 7.59. The van der Waals surface area contributed by atoms with E-state index in [1.54, 1.807) is 30.3 Å². The maximum atomic E-state index is 12.3. The van der Waals surface area contributed by atoms with Gasteiger partial charge < -0.3 is 10.1 Å². The summed E-state index contributed by atoms with van der Waals surface area (Å²) in [6.45, 7) is 1.91. The molecule has 162 valence electrons. The Bertz CT molecular complexity index is 1190. The lowest BCUT2D eigenvalue weighted by molar-refractivity contribution is -0.136. The number of halogens is 2. The van der Waals surface area contributed by atoms with Gasteiger partial charge in [-0.05, 0) is 55.0 Å². The number of amides is 2. The maximum absolute atomic E-state index is 12.3. The van der Waals surface area contributed by atoms with Gasteiger partial charge in [0.05, 0.1) is 16.8 Å². The summed E-state index contributed by atoms with van der Waals surface area (Å²) in [4.78, 5) is 36.1. The quantitative estimate of drug-likeness (QED) is 0.187. The summed E-state index contributed by atoms with van der Waals surface area (Å²) in [5.74, 6) is -2.19. The summed E-state index contributed by atoms with van der Waals surface area (Å²) in [5, 5.41) is 6.80.